The lowest BCUT2D eigenvalue weighted by Gasteiger charge is -2.26. The molecule has 0 spiro atoms. The fourth-order valence-corrected chi connectivity index (χ4v) is 2.11. The molecule has 16 heavy (non-hydrogen) atoms. The zero-order valence-electron chi connectivity index (χ0n) is 10.7. The third-order valence-corrected chi connectivity index (χ3v) is 3.66. The Bertz CT molecular complexity index is 383. The maximum absolute atomic E-state index is 4.52. The first-order valence-corrected chi connectivity index (χ1v) is 6.15. The number of anilines is 2. The zero-order chi connectivity index (χ0) is 11.8. The van der Waals surface area contributed by atoms with E-state index in [0.717, 1.165) is 31.1 Å². The third kappa shape index (κ3) is 1.77. The van der Waals surface area contributed by atoms with Gasteiger partial charge in [-0.15, -0.1) is 0 Å². The van der Waals surface area contributed by atoms with Crippen molar-refractivity contribution in [3.05, 3.63) is 5.69 Å². The van der Waals surface area contributed by atoms with Gasteiger partial charge in [0.15, 0.2) is 0 Å². The van der Waals surface area contributed by atoms with E-state index < -0.39 is 0 Å². The minimum atomic E-state index is 0.323. The van der Waals surface area contributed by atoms with Gasteiger partial charge in [-0.25, -0.2) is 4.68 Å². The lowest BCUT2D eigenvalue weighted by molar-refractivity contribution is 0.359. The SMILES string of the molecule is CCn1nc(C)c2c1NCC(C)(CC)CN2. The van der Waals surface area contributed by atoms with Crippen LogP contribution in [0.1, 0.15) is 32.9 Å². The van der Waals surface area contributed by atoms with E-state index in [4.69, 9.17) is 0 Å². The average Bonchev–Trinajstić information content (AvgIpc) is 2.47. The number of hydrogen-bond acceptors (Lipinski definition) is 3. The summed E-state index contributed by atoms with van der Waals surface area (Å²) in [7, 11) is 0. The van der Waals surface area contributed by atoms with Crippen LogP contribution in [-0.4, -0.2) is 22.9 Å². The van der Waals surface area contributed by atoms with E-state index in [-0.39, 0.29) is 0 Å². The highest BCUT2D eigenvalue weighted by atomic mass is 15.3. The Balaban J connectivity index is 2.31. The van der Waals surface area contributed by atoms with Crippen LogP contribution < -0.4 is 10.6 Å². The van der Waals surface area contributed by atoms with Gasteiger partial charge in [0.25, 0.3) is 0 Å². The molecule has 1 aliphatic heterocycles. The van der Waals surface area contributed by atoms with Crippen LogP contribution in [0.4, 0.5) is 11.5 Å². The molecule has 0 saturated heterocycles. The molecule has 90 valence electrons. The normalized spacial score (nSPS) is 24.2. The highest BCUT2D eigenvalue weighted by molar-refractivity contribution is 5.69. The topological polar surface area (TPSA) is 41.9 Å². The average molecular weight is 222 g/mol. The largest absolute Gasteiger partial charge is 0.380 e. The number of rotatable bonds is 2. The number of aromatic nitrogens is 2. The fraction of sp³-hybridized carbons (Fsp3) is 0.750. The van der Waals surface area contributed by atoms with E-state index in [1.807, 2.05) is 4.68 Å². The maximum atomic E-state index is 4.52. The second kappa shape index (κ2) is 4.00. The van der Waals surface area contributed by atoms with E-state index in [9.17, 15) is 0 Å². The van der Waals surface area contributed by atoms with E-state index in [2.05, 4.69) is 43.4 Å². The number of aryl methyl sites for hydroxylation is 2. The predicted molar refractivity (Wildman–Crippen MR) is 68.0 cm³/mol. The Morgan fingerprint density at radius 1 is 1.31 bits per heavy atom. The van der Waals surface area contributed by atoms with Crippen LogP contribution in [0.3, 0.4) is 0 Å². The van der Waals surface area contributed by atoms with Crippen LogP contribution in [0.5, 0.6) is 0 Å². The highest BCUT2D eigenvalue weighted by Crippen LogP contribution is 2.33. The summed E-state index contributed by atoms with van der Waals surface area (Å²) in [5.74, 6) is 1.15. The molecule has 1 unspecified atom stereocenters. The molecule has 0 saturated carbocycles. The Kier molecular flexibility index (Phi) is 2.82. The van der Waals surface area contributed by atoms with E-state index in [0.29, 0.717) is 5.41 Å². The van der Waals surface area contributed by atoms with Gasteiger partial charge in [-0.05, 0) is 20.3 Å². The maximum Gasteiger partial charge on any atom is 0.148 e. The van der Waals surface area contributed by atoms with E-state index in [1.165, 1.54) is 12.1 Å². The molecule has 0 fully saturated rings. The molecule has 4 nitrogen and oxygen atoms in total. The lowest BCUT2D eigenvalue weighted by Crippen LogP contribution is -2.31. The summed E-state index contributed by atoms with van der Waals surface area (Å²) in [5, 5.41) is 11.6. The molecule has 0 aliphatic carbocycles. The quantitative estimate of drug-likeness (QED) is 0.807. The van der Waals surface area contributed by atoms with Crippen LogP contribution in [0.15, 0.2) is 0 Å². The lowest BCUT2D eigenvalue weighted by atomic mass is 9.88. The van der Waals surface area contributed by atoms with Crippen LogP contribution in [0.25, 0.3) is 0 Å². The molecular formula is C12H22N4. The first-order chi connectivity index (χ1) is 7.59. The van der Waals surface area contributed by atoms with Gasteiger partial charge in [0, 0.05) is 25.0 Å². The molecule has 0 amide bonds. The van der Waals surface area contributed by atoms with Crippen LogP contribution in [0.2, 0.25) is 0 Å². The van der Waals surface area contributed by atoms with E-state index in [1.54, 1.807) is 0 Å². The Hall–Kier alpha value is -1.19. The van der Waals surface area contributed by atoms with Crippen molar-refractivity contribution in [3.8, 4) is 0 Å². The van der Waals surface area contributed by atoms with E-state index >= 15 is 0 Å². The molecule has 0 radical (unpaired) electrons. The van der Waals surface area contributed by atoms with Gasteiger partial charge in [-0.2, -0.15) is 5.10 Å². The molecule has 0 aromatic carbocycles. The molecule has 0 bridgehead atoms. The van der Waals surface area contributed by atoms with Crippen molar-refractivity contribution in [1.82, 2.24) is 9.78 Å². The van der Waals surface area contributed by atoms with Gasteiger partial charge in [-0.1, -0.05) is 13.8 Å². The van der Waals surface area contributed by atoms with Crippen molar-refractivity contribution in [3.63, 3.8) is 0 Å². The van der Waals surface area contributed by atoms with Gasteiger partial charge < -0.3 is 10.6 Å². The van der Waals surface area contributed by atoms with Crippen molar-refractivity contribution in [1.29, 1.82) is 0 Å². The van der Waals surface area contributed by atoms with Crippen molar-refractivity contribution >= 4 is 11.5 Å². The number of nitrogens with one attached hydrogen (secondary N) is 2. The molecular weight excluding hydrogens is 200 g/mol. The summed E-state index contributed by atoms with van der Waals surface area (Å²) >= 11 is 0. The van der Waals surface area contributed by atoms with Gasteiger partial charge in [0.05, 0.1) is 5.69 Å². The summed E-state index contributed by atoms with van der Waals surface area (Å²) in [6, 6.07) is 0. The summed E-state index contributed by atoms with van der Waals surface area (Å²) in [5.41, 5.74) is 2.59. The summed E-state index contributed by atoms with van der Waals surface area (Å²) in [6.07, 6.45) is 1.18. The molecule has 2 rings (SSSR count). The Morgan fingerprint density at radius 3 is 2.62 bits per heavy atom. The Morgan fingerprint density at radius 2 is 2.00 bits per heavy atom. The second-order valence-corrected chi connectivity index (χ2v) is 5.00. The smallest absolute Gasteiger partial charge is 0.148 e. The first-order valence-electron chi connectivity index (χ1n) is 6.15. The first kappa shape index (κ1) is 11.3. The van der Waals surface area contributed by atoms with Crippen LogP contribution >= 0.6 is 0 Å². The molecule has 1 aromatic heterocycles. The molecule has 1 atom stereocenters. The highest BCUT2D eigenvalue weighted by Gasteiger charge is 2.28. The summed E-state index contributed by atoms with van der Waals surface area (Å²) in [6.45, 7) is 11.7. The van der Waals surface area contributed by atoms with Gasteiger partial charge in [0.1, 0.15) is 11.5 Å². The standard InChI is InChI=1S/C12H22N4/c1-5-12(4)7-13-10-9(3)15-16(6-2)11(10)14-8-12/h13-14H,5-8H2,1-4H3. The number of nitrogens with zero attached hydrogens (tertiary/aromatic N) is 2. The number of hydrogen-bond donors (Lipinski definition) is 2. The molecule has 1 aliphatic rings. The fourth-order valence-electron chi connectivity index (χ4n) is 2.11. The summed E-state index contributed by atoms with van der Waals surface area (Å²) < 4.78 is 2.04. The van der Waals surface area contributed by atoms with Crippen molar-refractivity contribution in [2.45, 2.75) is 40.7 Å². The molecule has 2 heterocycles. The molecule has 4 heteroatoms. The van der Waals surface area contributed by atoms with Crippen LogP contribution in [-0.2, 0) is 6.54 Å². The van der Waals surface area contributed by atoms with Crippen molar-refractivity contribution in [2.24, 2.45) is 5.41 Å². The third-order valence-electron chi connectivity index (χ3n) is 3.66. The van der Waals surface area contributed by atoms with Gasteiger partial charge in [0.2, 0.25) is 0 Å². The second-order valence-electron chi connectivity index (χ2n) is 5.00. The van der Waals surface area contributed by atoms with Gasteiger partial charge >= 0.3 is 0 Å². The minimum absolute atomic E-state index is 0.323. The van der Waals surface area contributed by atoms with Crippen LogP contribution in [0, 0.1) is 12.3 Å². The molecule has 1 aromatic rings. The van der Waals surface area contributed by atoms with Gasteiger partial charge in [-0.3, -0.25) is 0 Å². The Labute approximate surface area is 97.4 Å². The number of fused-ring (bicyclic) bond motifs is 1. The zero-order valence-corrected chi connectivity index (χ0v) is 10.7. The predicted octanol–water partition coefficient (Wildman–Crippen LogP) is 2.47. The van der Waals surface area contributed by atoms with Crippen molar-refractivity contribution < 1.29 is 0 Å². The van der Waals surface area contributed by atoms with Crippen molar-refractivity contribution in [2.75, 3.05) is 23.7 Å². The minimum Gasteiger partial charge on any atom is -0.380 e. The molecule has 2 N–H and O–H groups in total. The summed E-state index contributed by atoms with van der Waals surface area (Å²) in [4.78, 5) is 0. The monoisotopic (exact) mass is 222 g/mol.